The highest BCUT2D eigenvalue weighted by Crippen LogP contribution is 2.22. The van der Waals surface area contributed by atoms with Crippen molar-refractivity contribution in [2.45, 2.75) is 6.42 Å². The summed E-state index contributed by atoms with van der Waals surface area (Å²) in [7, 11) is 0. The molecule has 0 aliphatic carbocycles. The van der Waals surface area contributed by atoms with Crippen molar-refractivity contribution < 1.29 is 0 Å². The molecule has 0 saturated heterocycles. The minimum Gasteiger partial charge on any atom is -0.389 e. The maximum absolute atomic E-state index is 3.89. The zero-order valence-electron chi connectivity index (χ0n) is 4.96. The average Bonchev–Trinajstić information content (AvgIpc) is 2.33. The monoisotopic (exact) mass is 121 g/mol. The lowest BCUT2D eigenvalue weighted by Crippen LogP contribution is -2.13. The van der Waals surface area contributed by atoms with Crippen molar-refractivity contribution in [1.82, 2.24) is 5.32 Å². The second kappa shape index (κ2) is 1.69. The number of fused-ring (bicyclic) bond motifs is 1. The Morgan fingerprint density at radius 3 is 3.44 bits per heavy atom. The fourth-order valence-electron chi connectivity index (χ4n) is 0.981. The molecule has 2 aliphatic heterocycles. The van der Waals surface area contributed by atoms with Gasteiger partial charge in [0.15, 0.2) is 0 Å². The fourth-order valence-corrected chi connectivity index (χ4v) is 0.981. The Bertz CT molecular complexity index is 212. The van der Waals surface area contributed by atoms with Crippen molar-refractivity contribution in [3.63, 3.8) is 0 Å². The molecule has 0 aromatic heterocycles. The van der Waals surface area contributed by atoms with Crippen molar-refractivity contribution in [3.8, 4) is 0 Å². The van der Waals surface area contributed by atoms with Gasteiger partial charge in [-0.2, -0.15) is 5.11 Å². The predicted molar refractivity (Wildman–Crippen MR) is 33.6 cm³/mol. The number of hydrogen-bond donors (Lipinski definition) is 1. The number of allylic oxidation sites excluding steroid dienone is 1. The molecule has 0 fully saturated rings. The maximum Gasteiger partial charge on any atom is 0.106 e. The number of azo groups is 1. The maximum atomic E-state index is 3.89. The molecule has 0 atom stereocenters. The summed E-state index contributed by atoms with van der Waals surface area (Å²) < 4.78 is 0. The first-order valence-electron chi connectivity index (χ1n) is 3.00. The van der Waals surface area contributed by atoms with Crippen molar-refractivity contribution in [2.75, 3.05) is 6.54 Å². The Balaban J connectivity index is 2.38. The number of hydrogen-bond acceptors (Lipinski definition) is 3. The topological polar surface area (TPSA) is 36.8 Å². The number of nitrogens with one attached hydrogen (secondary N) is 1. The normalized spacial score (nSPS) is 22.2. The number of nitrogens with zero attached hydrogens (tertiary/aromatic N) is 2. The highest BCUT2D eigenvalue weighted by molar-refractivity contribution is 5.33. The first kappa shape index (κ1) is 4.73. The largest absolute Gasteiger partial charge is 0.389 e. The van der Waals surface area contributed by atoms with Gasteiger partial charge in [-0.3, -0.25) is 0 Å². The summed E-state index contributed by atoms with van der Waals surface area (Å²) in [5.41, 5.74) is 2.26. The molecule has 0 saturated carbocycles. The van der Waals surface area contributed by atoms with Crippen LogP contribution >= 0.6 is 0 Å². The van der Waals surface area contributed by atoms with E-state index in [1.165, 1.54) is 5.57 Å². The summed E-state index contributed by atoms with van der Waals surface area (Å²) in [5, 5.41) is 10.8. The minimum absolute atomic E-state index is 1.00. The van der Waals surface area contributed by atoms with E-state index in [1.807, 2.05) is 12.4 Å². The van der Waals surface area contributed by atoms with Crippen LogP contribution in [0.25, 0.3) is 0 Å². The second-order valence-electron chi connectivity index (χ2n) is 2.10. The van der Waals surface area contributed by atoms with E-state index < -0.39 is 0 Å². The van der Waals surface area contributed by atoms with E-state index in [0.29, 0.717) is 0 Å². The molecule has 0 aromatic carbocycles. The van der Waals surface area contributed by atoms with Crippen molar-refractivity contribution in [2.24, 2.45) is 10.2 Å². The second-order valence-corrected chi connectivity index (χ2v) is 2.10. The van der Waals surface area contributed by atoms with Gasteiger partial charge in [-0.15, -0.1) is 5.11 Å². The van der Waals surface area contributed by atoms with E-state index in [2.05, 4.69) is 15.5 Å². The lowest BCUT2D eigenvalue weighted by atomic mass is 10.1. The zero-order chi connectivity index (χ0) is 6.10. The van der Waals surface area contributed by atoms with Crippen LogP contribution < -0.4 is 5.32 Å². The molecule has 0 bridgehead atoms. The zero-order valence-corrected chi connectivity index (χ0v) is 4.96. The Morgan fingerprint density at radius 2 is 2.56 bits per heavy atom. The smallest absolute Gasteiger partial charge is 0.106 e. The van der Waals surface area contributed by atoms with Gasteiger partial charge < -0.3 is 5.32 Å². The van der Waals surface area contributed by atoms with Gasteiger partial charge in [0.25, 0.3) is 0 Å². The van der Waals surface area contributed by atoms with E-state index in [4.69, 9.17) is 0 Å². The van der Waals surface area contributed by atoms with E-state index in [-0.39, 0.29) is 0 Å². The van der Waals surface area contributed by atoms with E-state index in [0.717, 1.165) is 18.7 Å². The molecule has 0 amide bonds. The van der Waals surface area contributed by atoms with Crippen LogP contribution in [0, 0.1) is 0 Å². The molecule has 9 heavy (non-hydrogen) atoms. The SMILES string of the molecule is C1=C2CCNC=C2N=N1. The van der Waals surface area contributed by atoms with Gasteiger partial charge in [0.2, 0.25) is 0 Å². The summed E-state index contributed by atoms with van der Waals surface area (Å²) in [4.78, 5) is 0. The summed E-state index contributed by atoms with van der Waals surface area (Å²) in [6.45, 7) is 1.01. The summed E-state index contributed by atoms with van der Waals surface area (Å²) >= 11 is 0. The molecule has 1 N–H and O–H groups in total. The van der Waals surface area contributed by atoms with Gasteiger partial charge >= 0.3 is 0 Å². The fraction of sp³-hybridized carbons (Fsp3) is 0.333. The first-order chi connectivity index (χ1) is 4.47. The van der Waals surface area contributed by atoms with Gasteiger partial charge in [0.1, 0.15) is 5.70 Å². The van der Waals surface area contributed by atoms with Crippen LogP contribution in [-0.4, -0.2) is 6.54 Å². The predicted octanol–water partition coefficient (Wildman–Crippen LogP) is 1.17. The van der Waals surface area contributed by atoms with Crippen LogP contribution in [-0.2, 0) is 0 Å². The Kier molecular flexibility index (Phi) is 0.886. The third kappa shape index (κ3) is 0.650. The Hall–Kier alpha value is -1.12. The third-order valence-corrected chi connectivity index (χ3v) is 1.49. The highest BCUT2D eigenvalue weighted by Gasteiger charge is 2.11. The Morgan fingerprint density at radius 1 is 1.56 bits per heavy atom. The van der Waals surface area contributed by atoms with Crippen LogP contribution in [0.3, 0.4) is 0 Å². The number of rotatable bonds is 0. The van der Waals surface area contributed by atoms with Crippen molar-refractivity contribution in [3.05, 3.63) is 23.7 Å². The van der Waals surface area contributed by atoms with Gasteiger partial charge in [-0.1, -0.05) is 0 Å². The molecule has 0 radical (unpaired) electrons. The molecule has 0 aromatic rings. The van der Waals surface area contributed by atoms with Crippen molar-refractivity contribution >= 4 is 0 Å². The molecular formula is C6H7N3. The Labute approximate surface area is 53.2 Å². The van der Waals surface area contributed by atoms with Gasteiger partial charge in [-0.25, -0.2) is 0 Å². The standard InChI is InChI=1S/C6H7N3/c1-2-7-4-6-5(1)3-8-9-6/h3-4,7H,1-2H2. The van der Waals surface area contributed by atoms with Crippen LogP contribution in [0.1, 0.15) is 6.42 Å². The molecule has 0 unspecified atom stereocenters. The summed E-state index contributed by atoms with van der Waals surface area (Å²) in [5.74, 6) is 0. The van der Waals surface area contributed by atoms with Crippen LogP contribution in [0.5, 0.6) is 0 Å². The molecule has 3 heteroatoms. The third-order valence-electron chi connectivity index (χ3n) is 1.49. The lowest BCUT2D eigenvalue weighted by molar-refractivity contribution is 0.788. The molecule has 2 rings (SSSR count). The molecule has 2 heterocycles. The molecule has 46 valence electrons. The minimum atomic E-state index is 1.00. The van der Waals surface area contributed by atoms with E-state index in [1.54, 1.807) is 0 Å². The molecular weight excluding hydrogens is 114 g/mol. The van der Waals surface area contributed by atoms with E-state index in [9.17, 15) is 0 Å². The summed E-state index contributed by atoms with van der Waals surface area (Å²) in [6, 6.07) is 0. The van der Waals surface area contributed by atoms with Gasteiger partial charge in [0.05, 0.1) is 6.20 Å². The molecule has 2 aliphatic rings. The van der Waals surface area contributed by atoms with Crippen molar-refractivity contribution in [1.29, 1.82) is 0 Å². The van der Waals surface area contributed by atoms with E-state index >= 15 is 0 Å². The first-order valence-corrected chi connectivity index (χ1v) is 3.00. The quantitative estimate of drug-likeness (QED) is 0.513. The molecule has 3 nitrogen and oxygen atoms in total. The van der Waals surface area contributed by atoms with Gasteiger partial charge in [0, 0.05) is 18.3 Å². The molecule has 0 spiro atoms. The lowest BCUT2D eigenvalue weighted by Gasteiger charge is -2.08. The van der Waals surface area contributed by atoms with Crippen LogP contribution in [0.4, 0.5) is 0 Å². The van der Waals surface area contributed by atoms with Crippen LogP contribution in [0.15, 0.2) is 33.9 Å². The summed E-state index contributed by atoms with van der Waals surface area (Å²) in [6.07, 6.45) is 4.79. The average molecular weight is 121 g/mol. The van der Waals surface area contributed by atoms with Crippen LogP contribution in [0.2, 0.25) is 0 Å². The van der Waals surface area contributed by atoms with Gasteiger partial charge in [-0.05, 0) is 6.42 Å². The highest BCUT2D eigenvalue weighted by atomic mass is 15.1.